The summed E-state index contributed by atoms with van der Waals surface area (Å²) in [6.07, 6.45) is 1.93. The van der Waals surface area contributed by atoms with Crippen molar-refractivity contribution in [3.05, 3.63) is 24.0 Å². The van der Waals surface area contributed by atoms with Gasteiger partial charge in [-0.2, -0.15) is 0 Å². The van der Waals surface area contributed by atoms with Gasteiger partial charge >= 0.3 is 0 Å². The van der Waals surface area contributed by atoms with E-state index in [-0.39, 0.29) is 18.4 Å². The highest BCUT2D eigenvalue weighted by Gasteiger charge is 2.31. The quantitative estimate of drug-likeness (QED) is 0.833. The molecule has 0 saturated carbocycles. The maximum atomic E-state index is 12.1. The molecule has 1 amide bonds. The normalized spacial score (nSPS) is 16.6. The minimum absolute atomic E-state index is 0.0726. The lowest BCUT2D eigenvalue weighted by molar-refractivity contribution is 0.0351. The zero-order valence-electron chi connectivity index (χ0n) is 9.76. The predicted octanol–water partition coefficient (Wildman–Crippen LogP) is 1.13. The number of carbonyl (C=O) groups excluding carboxylic acids is 1. The second-order valence-corrected chi connectivity index (χ2v) is 4.65. The molecule has 0 aliphatic carbocycles. The molecule has 0 aromatic carbocycles. The maximum absolute atomic E-state index is 12.1. The van der Waals surface area contributed by atoms with Crippen molar-refractivity contribution >= 4 is 5.91 Å². The number of aliphatic hydroxyl groups excluding tert-OH is 1. The van der Waals surface area contributed by atoms with Crippen LogP contribution in [0.1, 0.15) is 30.4 Å². The van der Waals surface area contributed by atoms with E-state index in [1.54, 1.807) is 4.90 Å². The molecule has 1 N–H and O–H groups in total. The van der Waals surface area contributed by atoms with Crippen LogP contribution in [-0.2, 0) is 0 Å². The van der Waals surface area contributed by atoms with Crippen molar-refractivity contribution in [1.29, 1.82) is 0 Å². The molecular formula is C12H18N2O2. The van der Waals surface area contributed by atoms with Crippen molar-refractivity contribution < 1.29 is 9.90 Å². The van der Waals surface area contributed by atoms with E-state index in [1.165, 1.54) is 0 Å². The number of amides is 1. The van der Waals surface area contributed by atoms with Crippen LogP contribution < -0.4 is 0 Å². The molecule has 0 radical (unpaired) electrons. The van der Waals surface area contributed by atoms with Crippen molar-refractivity contribution in [3.63, 3.8) is 0 Å². The molecule has 1 fully saturated rings. The lowest BCUT2D eigenvalue weighted by atomic mass is 10.0. The van der Waals surface area contributed by atoms with Gasteiger partial charge in [0.05, 0.1) is 0 Å². The third-order valence-corrected chi connectivity index (χ3v) is 3.06. The van der Waals surface area contributed by atoms with E-state index < -0.39 is 0 Å². The average molecular weight is 222 g/mol. The molecule has 88 valence electrons. The van der Waals surface area contributed by atoms with Gasteiger partial charge in [-0.1, -0.05) is 0 Å². The number of hydrogen-bond acceptors (Lipinski definition) is 2. The van der Waals surface area contributed by atoms with Crippen molar-refractivity contribution in [2.24, 2.45) is 5.92 Å². The van der Waals surface area contributed by atoms with Gasteiger partial charge in [0, 0.05) is 37.9 Å². The Morgan fingerprint density at radius 3 is 2.81 bits per heavy atom. The van der Waals surface area contributed by atoms with Gasteiger partial charge in [0.1, 0.15) is 5.69 Å². The molecule has 4 nitrogen and oxygen atoms in total. The minimum atomic E-state index is 0.0726. The highest BCUT2D eigenvalue weighted by Crippen LogP contribution is 2.20. The van der Waals surface area contributed by atoms with E-state index in [0.29, 0.717) is 19.1 Å². The average Bonchev–Trinajstić information content (AvgIpc) is 2.63. The van der Waals surface area contributed by atoms with Crippen molar-refractivity contribution in [2.75, 3.05) is 19.7 Å². The van der Waals surface area contributed by atoms with E-state index in [2.05, 4.69) is 13.8 Å². The number of carbonyl (C=O) groups is 1. The molecule has 16 heavy (non-hydrogen) atoms. The van der Waals surface area contributed by atoms with E-state index in [9.17, 15) is 4.79 Å². The van der Waals surface area contributed by atoms with E-state index >= 15 is 0 Å². The van der Waals surface area contributed by atoms with Crippen LogP contribution >= 0.6 is 0 Å². The Bertz CT molecular complexity index is 378. The summed E-state index contributed by atoms with van der Waals surface area (Å²) in [6, 6.07) is 4.05. The van der Waals surface area contributed by atoms with E-state index in [1.807, 2.05) is 22.9 Å². The van der Waals surface area contributed by atoms with Crippen LogP contribution in [0.3, 0.4) is 0 Å². The van der Waals surface area contributed by atoms with Crippen molar-refractivity contribution in [3.8, 4) is 0 Å². The van der Waals surface area contributed by atoms with Gasteiger partial charge in [-0.25, -0.2) is 0 Å². The zero-order valence-corrected chi connectivity index (χ0v) is 9.76. The molecule has 2 heterocycles. The first kappa shape index (κ1) is 11.2. The third-order valence-electron chi connectivity index (χ3n) is 3.06. The molecule has 1 aromatic heterocycles. The smallest absolute Gasteiger partial charge is 0.270 e. The van der Waals surface area contributed by atoms with Gasteiger partial charge in [-0.15, -0.1) is 0 Å². The fraction of sp³-hybridized carbons (Fsp3) is 0.583. The molecule has 1 saturated heterocycles. The van der Waals surface area contributed by atoms with Gasteiger partial charge in [-0.05, 0) is 26.0 Å². The second-order valence-electron chi connectivity index (χ2n) is 4.65. The molecule has 0 unspecified atom stereocenters. The Kier molecular flexibility index (Phi) is 3.01. The summed E-state index contributed by atoms with van der Waals surface area (Å²) in [4.78, 5) is 13.9. The van der Waals surface area contributed by atoms with Gasteiger partial charge in [-0.3, -0.25) is 4.79 Å². The number of nitrogens with zero attached hydrogens (tertiary/aromatic N) is 2. The summed E-state index contributed by atoms with van der Waals surface area (Å²) < 4.78 is 1.98. The van der Waals surface area contributed by atoms with Gasteiger partial charge in [0.2, 0.25) is 0 Å². The Labute approximate surface area is 95.5 Å². The van der Waals surface area contributed by atoms with Crippen LogP contribution in [0.5, 0.6) is 0 Å². The van der Waals surface area contributed by atoms with Gasteiger partial charge < -0.3 is 14.6 Å². The number of likely N-dealkylation sites (tertiary alicyclic amines) is 1. The summed E-state index contributed by atoms with van der Waals surface area (Å²) in [7, 11) is 0. The summed E-state index contributed by atoms with van der Waals surface area (Å²) >= 11 is 0. The topological polar surface area (TPSA) is 45.5 Å². The fourth-order valence-electron chi connectivity index (χ4n) is 2.04. The van der Waals surface area contributed by atoms with Crippen LogP contribution in [0.25, 0.3) is 0 Å². The molecule has 1 aliphatic heterocycles. The monoisotopic (exact) mass is 222 g/mol. The highest BCUT2D eigenvalue weighted by atomic mass is 16.3. The Morgan fingerprint density at radius 1 is 1.56 bits per heavy atom. The lowest BCUT2D eigenvalue weighted by Crippen LogP contribution is -2.51. The van der Waals surface area contributed by atoms with Crippen molar-refractivity contribution in [2.45, 2.75) is 19.9 Å². The fourth-order valence-corrected chi connectivity index (χ4v) is 2.04. The third kappa shape index (κ3) is 1.85. The van der Waals surface area contributed by atoms with Crippen molar-refractivity contribution in [1.82, 2.24) is 9.47 Å². The highest BCUT2D eigenvalue weighted by molar-refractivity contribution is 5.93. The first-order chi connectivity index (χ1) is 7.63. The summed E-state index contributed by atoms with van der Waals surface area (Å²) in [5.74, 6) is 0.342. The van der Waals surface area contributed by atoms with Crippen LogP contribution in [0, 0.1) is 5.92 Å². The molecule has 0 spiro atoms. The van der Waals surface area contributed by atoms with Gasteiger partial charge in [0.15, 0.2) is 0 Å². The summed E-state index contributed by atoms with van der Waals surface area (Å²) in [5.41, 5.74) is 0.742. The standard InChI is InChI=1S/C12H18N2O2/c1-9(2)14-5-3-4-11(14)12(16)13-6-10(7-13)8-15/h3-5,9-10,15H,6-8H2,1-2H3. The summed E-state index contributed by atoms with van der Waals surface area (Å²) in [6.45, 7) is 5.65. The summed E-state index contributed by atoms with van der Waals surface area (Å²) in [5, 5.41) is 8.92. The Balaban J connectivity index is 2.07. The second kappa shape index (κ2) is 4.29. The SMILES string of the molecule is CC(C)n1cccc1C(=O)N1CC(CO)C1. The Hall–Kier alpha value is -1.29. The molecule has 1 aliphatic rings. The van der Waals surface area contributed by atoms with Crippen LogP contribution in [0.4, 0.5) is 0 Å². The number of hydrogen-bond donors (Lipinski definition) is 1. The van der Waals surface area contributed by atoms with Crippen LogP contribution in [-0.4, -0.2) is 40.2 Å². The van der Waals surface area contributed by atoms with Gasteiger partial charge in [0.25, 0.3) is 5.91 Å². The van der Waals surface area contributed by atoms with Crippen LogP contribution in [0.2, 0.25) is 0 Å². The molecular weight excluding hydrogens is 204 g/mol. The molecule has 1 aromatic rings. The largest absolute Gasteiger partial charge is 0.396 e. The first-order valence-electron chi connectivity index (χ1n) is 5.70. The number of aliphatic hydroxyl groups is 1. The predicted molar refractivity (Wildman–Crippen MR) is 61.3 cm³/mol. The molecule has 0 bridgehead atoms. The molecule has 2 rings (SSSR count). The zero-order chi connectivity index (χ0) is 11.7. The first-order valence-corrected chi connectivity index (χ1v) is 5.70. The van der Waals surface area contributed by atoms with Crippen LogP contribution in [0.15, 0.2) is 18.3 Å². The van der Waals surface area contributed by atoms with E-state index in [0.717, 1.165) is 5.69 Å². The number of aromatic nitrogens is 1. The minimum Gasteiger partial charge on any atom is -0.396 e. The molecule has 4 heteroatoms. The molecule has 0 atom stereocenters. The lowest BCUT2D eigenvalue weighted by Gasteiger charge is -2.38. The maximum Gasteiger partial charge on any atom is 0.270 e. The van der Waals surface area contributed by atoms with E-state index in [4.69, 9.17) is 5.11 Å². The number of rotatable bonds is 3. The Morgan fingerprint density at radius 2 is 2.25 bits per heavy atom.